The molecule has 0 fully saturated rings. The molecule has 0 saturated heterocycles. The highest BCUT2D eigenvalue weighted by Crippen LogP contribution is 2.18. The summed E-state index contributed by atoms with van der Waals surface area (Å²) in [5.74, 6) is -0.310. The third-order valence-corrected chi connectivity index (χ3v) is 12.3. The molecule has 0 aliphatic heterocycles. The van der Waals surface area contributed by atoms with Gasteiger partial charge in [-0.2, -0.15) is 0 Å². The van der Waals surface area contributed by atoms with Crippen LogP contribution >= 0.6 is 0 Å². The Morgan fingerprint density at radius 3 is 1.02 bits per heavy atom. The summed E-state index contributed by atoms with van der Waals surface area (Å²) in [5, 5.41) is 33.3. The molecule has 3 unspecified atom stereocenters. The summed E-state index contributed by atoms with van der Waals surface area (Å²) in [5.41, 5.74) is 0. The number of hydrogen-bond acceptors (Lipinski definition) is 4. The van der Waals surface area contributed by atoms with E-state index in [1.165, 1.54) is 238 Å². The first-order valence-corrected chi connectivity index (χ1v) is 26.0. The maximum atomic E-state index is 12.5. The van der Waals surface area contributed by atoms with E-state index in [1.807, 2.05) is 6.08 Å². The quantitative estimate of drug-likeness (QED) is 0.0364. The Morgan fingerprint density at radius 2 is 0.719 bits per heavy atom. The molecule has 0 aliphatic carbocycles. The summed E-state index contributed by atoms with van der Waals surface area (Å²) in [4.78, 5) is 12.5. The molecule has 0 spiro atoms. The maximum Gasteiger partial charge on any atom is 0.222 e. The van der Waals surface area contributed by atoms with Crippen LogP contribution in [0.3, 0.4) is 0 Å². The topological polar surface area (TPSA) is 89.8 Å². The fraction of sp³-hybridized carbons (Fsp3) is 0.942. The number of hydrogen-bond donors (Lipinski definition) is 4. The first-order valence-electron chi connectivity index (χ1n) is 26.0. The van der Waals surface area contributed by atoms with Crippen molar-refractivity contribution >= 4 is 5.91 Å². The highest BCUT2D eigenvalue weighted by atomic mass is 16.3. The number of amides is 1. The Labute approximate surface area is 357 Å². The summed E-state index contributed by atoms with van der Waals surface area (Å²) in [7, 11) is 0. The van der Waals surface area contributed by atoms with E-state index in [2.05, 4.69) is 19.2 Å². The van der Waals surface area contributed by atoms with E-state index in [0.717, 1.165) is 25.7 Å². The van der Waals surface area contributed by atoms with Crippen molar-refractivity contribution in [2.45, 2.75) is 308 Å². The second-order valence-corrected chi connectivity index (χ2v) is 18.1. The molecule has 0 saturated carbocycles. The molecule has 0 aromatic carbocycles. The van der Waals surface area contributed by atoms with Gasteiger partial charge in [0.1, 0.15) is 0 Å². The Morgan fingerprint density at radius 1 is 0.439 bits per heavy atom. The van der Waals surface area contributed by atoms with Gasteiger partial charge in [-0.3, -0.25) is 4.79 Å². The van der Waals surface area contributed by atoms with Crippen LogP contribution in [0.1, 0.15) is 290 Å². The molecular weight excluding hydrogens is 703 g/mol. The van der Waals surface area contributed by atoms with Gasteiger partial charge in [0, 0.05) is 0 Å². The number of aliphatic hydroxyl groups is 3. The van der Waals surface area contributed by atoms with Gasteiger partial charge >= 0.3 is 0 Å². The van der Waals surface area contributed by atoms with Gasteiger partial charge in [0.15, 0.2) is 0 Å². The van der Waals surface area contributed by atoms with E-state index in [-0.39, 0.29) is 18.9 Å². The van der Waals surface area contributed by atoms with Crippen molar-refractivity contribution in [3.8, 4) is 0 Å². The molecule has 340 valence electrons. The van der Waals surface area contributed by atoms with Crippen LogP contribution in [0.2, 0.25) is 0 Å². The molecule has 5 heteroatoms. The fourth-order valence-electron chi connectivity index (χ4n) is 8.34. The Hall–Kier alpha value is -0.910. The lowest BCUT2D eigenvalue weighted by molar-refractivity contribution is -0.124. The zero-order chi connectivity index (χ0) is 41.5. The predicted octanol–water partition coefficient (Wildman–Crippen LogP) is 15.6. The van der Waals surface area contributed by atoms with E-state index in [4.69, 9.17) is 0 Å². The highest BCUT2D eigenvalue weighted by Gasteiger charge is 2.20. The Kier molecular flexibility index (Phi) is 47.0. The monoisotopic (exact) mass is 806 g/mol. The Bertz CT molecular complexity index is 803. The summed E-state index contributed by atoms with van der Waals surface area (Å²) < 4.78 is 0. The number of carbonyl (C=O) groups is 1. The van der Waals surface area contributed by atoms with Crippen LogP contribution in [0.5, 0.6) is 0 Å². The van der Waals surface area contributed by atoms with Crippen LogP contribution in [0.4, 0.5) is 0 Å². The van der Waals surface area contributed by atoms with Gasteiger partial charge in [-0.05, 0) is 19.3 Å². The lowest BCUT2D eigenvalue weighted by Gasteiger charge is -2.21. The molecule has 5 nitrogen and oxygen atoms in total. The molecule has 1 amide bonds. The van der Waals surface area contributed by atoms with Crippen LogP contribution < -0.4 is 5.32 Å². The van der Waals surface area contributed by atoms with Gasteiger partial charge in [0.25, 0.3) is 0 Å². The second-order valence-electron chi connectivity index (χ2n) is 18.1. The van der Waals surface area contributed by atoms with Crippen LogP contribution in [0.25, 0.3) is 0 Å². The van der Waals surface area contributed by atoms with Gasteiger partial charge < -0.3 is 20.6 Å². The molecule has 0 heterocycles. The molecule has 57 heavy (non-hydrogen) atoms. The van der Waals surface area contributed by atoms with Crippen molar-refractivity contribution in [2.24, 2.45) is 0 Å². The number of carbonyl (C=O) groups excluding carboxylic acids is 1. The van der Waals surface area contributed by atoms with Crippen molar-refractivity contribution in [3.63, 3.8) is 0 Å². The number of allylic oxidation sites excluding steroid dienone is 1. The summed E-state index contributed by atoms with van der Waals surface area (Å²) >= 11 is 0. The van der Waals surface area contributed by atoms with E-state index < -0.39 is 18.2 Å². The molecule has 0 aromatic heterocycles. The molecule has 0 aliphatic rings. The molecule has 0 radical (unpaired) electrons. The number of rotatable bonds is 48. The van der Waals surface area contributed by atoms with Crippen molar-refractivity contribution in [3.05, 3.63) is 12.2 Å². The third kappa shape index (κ3) is 44.5. The van der Waals surface area contributed by atoms with Crippen molar-refractivity contribution in [2.75, 3.05) is 6.61 Å². The van der Waals surface area contributed by atoms with Crippen molar-refractivity contribution < 1.29 is 20.1 Å². The number of unbranched alkanes of at least 4 members (excludes halogenated alkanes) is 39. The Balaban J connectivity index is 3.52. The van der Waals surface area contributed by atoms with Crippen LogP contribution in [-0.2, 0) is 4.79 Å². The minimum Gasteiger partial charge on any atom is -0.394 e. The lowest BCUT2D eigenvalue weighted by atomic mass is 10.0. The first-order chi connectivity index (χ1) is 28.0. The second kappa shape index (κ2) is 47.8. The average Bonchev–Trinajstić information content (AvgIpc) is 3.20. The van der Waals surface area contributed by atoms with Gasteiger partial charge in [0.05, 0.1) is 31.3 Å². The number of nitrogens with one attached hydrogen (secondary N) is 1. The number of aliphatic hydroxyl groups excluding tert-OH is 3. The molecule has 4 N–H and O–H groups in total. The first kappa shape index (κ1) is 56.1. The van der Waals surface area contributed by atoms with Gasteiger partial charge in [-0.1, -0.05) is 276 Å². The normalized spacial score (nSPS) is 13.4. The standard InChI is InChI=1S/C52H103NO4/c1-3-5-7-9-11-13-15-17-19-20-21-22-23-24-25-26-27-28-29-30-32-33-35-37-39-41-43-45-49(55)47-52(57)53-50(48-54)51(56)46-44-42-40-38-36-34-31-18-16-14-12-10-8-6-4-2/h44,46,49-51,54-56H,3-43,45,47-48H2,1-2H3,(H,53,57)/b46-44+. The molecule has 0 rings (SSSR count). The zero-order valence-corrected chi connectivity index (χ0v) is 38.7. The summed E-state index contributed by atoms with van der Waals surface area (Å²) in [6.45, 7) is 4.24. The fourth-order valence-corrected chi connectivity index (χ4v) is 8.34. The van der Waals surface area contributed by atoms with E-state index in [1.54, 1.807) is 6.08 Å². The van der Waals surface area contributed by atoms with Gasteiger partial charge in [-0.15, -0.1) is 0 Å². The highest BCUT2D eigenvalue weighted by molar-refractivity contribution is 5.76. The minimum atomic E-state index is -0.924. The summed E-state index contributed by atoms with van der Waals surface area (Å²) in [6, 6.07) is -0.740. The lowest BCUT2D eigenvalue weighted by Crippen LogP contribution is -2.45. The zero-order valence-electron chi connectivity index (χ0n) is 38.7. The largest absolute Gasteiger partial charge is 0.394 e. The molecular formula is C52H103NO4. The molecule has 0 aromatic rings. The predicted molar refractivity (Wildman–Crippen MR) is 250 cm³/mol. The van der Waals surface area contributed by atoms with E-state index >= 15 is 0 Å². The van der Waals surface area contributed by atoms with E-state index in [9.17, 15) is 20.1 Å². The molecule has 0 bridgehead atoms. The van der Waals surface area contributed by atoms with Gasteiger partial charge in [-0.25, -0.2) is 0 Å². The van der Waals surface area contributed by atoms with E-state index in [0.29, 0.717) is 6.42 Å². The summed E-state index contributed by atoms with van der Waals surface area (Å²) in [6.07, 6.45) is 58.2. The maximum absolute atomic E-state index is 12.5. The minimum absolute atomic E-state index is 0.0192. The van der Waals surface area contributed by atoms with Crippen molar-refractivity contribution in [1.82, 2.24) is 5.32 Å². The SMILES string of the molecule is CCCCCCCCCCCCCCC/C=C/C(O)C(CO)NC(=O)CC(O)CCCCCCCCCCCCCCCCCCCCCCCCCCCCC. The van der Waals surface area contributed by atoms with Crippen molar-refractivity contribution in [1.29, 1.82) is 0 Å². The molecule has 3 atom stereocenters. The smallest absolute Gasteiger partial charge is 0.222 e. The van der Waals surface area contributed by atoms with Crippen LogP contribution in [-0.4, -0.2) is 46.1 Å². The average molecular weight is 806 g/mol. The third-order valence-electron chi connectivity index (χ3n) is 12.3. The van der Waals surface area contributed by atoms with Crippen LogP contribution in [0.15, 0.2) is 12.2 Å². The van der Waals surface area contributed by atoms with Gasteiger partial charge in [0.2, 0.25) is 5.91 Å². The van der Waals surface area contributed by atoms with Crippen LogP contribution in [0, 0.1) is 0 Å².